The van der Waals surface area contributed by atoms with Crippen LogP contribution in [0.5, 0.6) is 0 Å². The molecular formula is C19H36N4O. The molecule has 2 N–H and O–H groups in total. The van der Waals surface area contributed by atoms with E-state index >= 15 is 0 Å². The quantitative estimate of drug-likeness (QED) is 0.554. The third-order valence-electron chi connectivity index (χ3n) is 5.78. The van der Waals surface area contributed by atoms with Crippen molar-refractivity contribution in [1.82, 2.24) is 15.5 Å². The Morgan fingerprint density at radius 1 is 1.21 bits per heavy atom. The predicted molar refractivity (Wildman–Crippen MR) is 99.5 cm³/mol. The standard InChI is InChI=1S/C19H36N4O/c1-3-5-11-23-12-7-6-8-15(23)14-21-19(20-4-2)22-17-13-16-9-10-18(17)24-16/h15-18H,3-14H2,1-2H3,(H2,20,21,22). The Morgan fingerprint density at radius 3 is 2.83 bits per heavy atom. The summed E-state index contributed by atoms with van der Waals surface area (Å²) in [4.78, 5) is 7.61. The average molecular weight is 337 g/mol. The third-order valence-corrected chi connectivity index (χ3v) is 5.78. The molecule has 3 fully saturated rings. The highest BCUT2D eigenvalue weighted by Gasteiger charge is 2.41. The average Bonchev–Trinajstić information content (AvgIpc) is 3.21. The Kier molecular flexibility index (Phi) is 6.78. The lowest BCUT2D eigenvalue weighted by atomic mass is 9.96. The van der Waals surface area contributed by atoms with Gasteiger partial charge in [0.1, 0.15) is 0 Å². The van der Waals surface area contributed by atoms with Crippen molar-refractivity contribution in [2.75, 3.05) is 26.2 Å². The number of nitrogens with zero attached hydrogens (tertiary/aromatic N) is 2. The van der Waals surface area contributed by atoms with Crippen molar-refractivity contribution < 1.29 is 4.74 Å². The summed E-state index contributed by atoms with van der Waals surface area (Å²) in [6.45, 7) is 8.74. The lowest BCUT2D eigenvalue weighted by Gasteiger charge is -2.35. The maximum Gasteiger partial charge on any atom is 0.191 e. The number of piperidine rings is 1. The van der Waals surface area contributed by atoms with Crippen molar-refractivity contribution in [3.63, 3.8) is 0 Å². The smallest absolute Gasteiger partial charge is 0.191 e. The van der Waals surface area contributed by atoms with E-state index in [1.807, 2.05) is 0 Å². The molecule has 5 nitrogen and oxygen atoms in total. The SMILES string of the molecule is CCCCN1CCCCC1CN=C(NCC)NC1CC2CCC1O2. The number of unbranched alkanes of at least 4 members (excludes halogenated alkanes) is 1. The topological polar surface area (TPSA) is 48.9 Å². The second-order valence-electron chi connectivity index (χ2n) is 7.62. The van der Waals surface area contributed by atoms with E-state index in [1.165, 1.54) is 58.0 Å². The van der Waals surface area contributed by atoms with Gasteiger partial charge < -0.3 is 15.4 Å². The molecule has 0 spiro atoms. The first-order valence-electron chi connectivity index (χ1n) is 10.2. The Hall–Kier alpha value is -0.810. The molecule has 0 aliphatic carbocycles. The third kappa shape index (κ3) is 4.63. The number of hydrogen-bond donors (Lipinski definition) is 2. The van der Waals surface area contributed by atoms with E-state index in [2.05, 4.69) is 29.4 Å². The summed E-state index contributed by atoms with van der Waals surface area (Å²) >= 11 is 0. The molecule has 0 aromatic heterocycles. The van der Waals surface area contributed by atoms with Crippen LogP contribution in [0.1, 0.15) is 65.2 Å². The van der Waals surface area contributed by atoms with E-state index in [9.17, 15) is 0 Å². The van der Waals surface area contributed by atoms with E-state index in [4.69, 9.17) is 9.73 Å². The monoisotopic (exact) mass is 336 g/mol. The van der Waals surface area contributed by atoms with Crippen molar-refractivity contribution in [2.24, 2.45) is 4.99 Å². The Labute approximate surface area is 147 Å². The van der Waals surface area contributed by atoms with Gasteiger partial charge in [-0.15, -0.1) is 0 Å². The van der Waals surface area contributed by atoms with Crippen LogP contribution in [0, 0.1) is 0 Å². The van der Waals surface area contributed by atoms with Crippen LogP contribution in [0.4, 0.5) is 0 Å². The highest BCUT2D eigenvalue weighted by atomic mass is 16.5. The summed E-state index contributed by atoms with van der Waals surface area (Å²) in [5, 5.41) is 7.07. The van der Waals surface area contributed by atoms with Crippen LogP contribution in [-0.2, 0) is 4.74 Å². The number of rotatable bonds is 7. The molecule has 3 aliphatic heterocycles. The van der Waals surface area contributed by atoms with E-state index in [0.717, 1.165) is 25.5 Å². The fourth-order valence-corrected chi connectivity index (χ4v) is 4.40. The Bertz CT molecular complexity index is 414. The molecular weight excluding hydrogens is 300 g/mol. The number of aliphatic imine (C=N–C) groups is 1. The fourth-order valence-electron chi connectivity index (χ4n) is 4.40. The first kappa shape index (κ1) is 18.0. The molecule has 5 heteroatoms. The number of fused-ring (bicyclic) bond motifs is 2. The molecule has 4 unspecified atom stereocenters. The van der Waals surface area contributed by atoms with Crippen LogP contribution >= 0.6 is 0 Å². The van der Waals surface area contributed by atoms with Gasteiger partial charge in [0.15, 0.2) is 5.96 Å². The zero-order chi connectivity index (χ0) is 16.8. The van der Waals surface area contributed by atoms with Gasteiger partial charge in [0, 0.05) is 12.6 Å². The van der Waals surface area contributed by atoms with E-state index < -0.39 is 0 Å². The molecule has 2 bridgehead atoms. The number of ether oxygens (including phenoxy) is 1. The molecule has 0 amide bonds. The highest BCUT2D eigenvalue weighted by molar-refractivity contribution is 5.80. The summed E-state index contributed by atoms with van der Waals surface area (Å²) in [7, 11) is 0. The van der Waals surface area contributed by atoms with Gasteiger partial charge in [0.25, 0.3) is 0 Å². The molecule has 138 valence electrons. The minimum atomic E-state index is 0.398. The van der Waals surface area contributed by atoms with Crippen molar-refractivity contribution in [2.45, 2.75) is 89.5 Å². The summed E-state index contributed by atoms with van der Waals surface area (Å²) in [5.74, 6) is 0.986. The van der Waals surface area contributed by atoms with Crippen molar-refractivity contribution >= 4 is 5.96 Å². The second-order valence-corrected chi connectivity index (χ2v) is 7.62. The van der Waals surface area contributed by atoms with Gasteiger partial charge in [-0.1, -0.05) is 19.8 Å². The molecule has 0 radical (unpaired) electrons. The maximum absolute atomic E-state index is 5.97. The van der Waals surface area contributed by atoms with Crippen LogP contribution in [0.3, 0.4) is 0 Å². The summed E-state index contributed by atoms with van der Waals surface area (Å²) < 4.78 is 5.97. The Balaban J connectivity index is 1.53. The van der Waals surface area contributed by atoms with Crippen molar-refractivity contribution in [1.29, 1.82) is 0 Å². The largest absolute Gasteiger partial charge is 0.373 e. The fraction of sp³-hybridized carbons (Fsp3) is 0.947. The minimum absolute atomic E-state index is 0.398. The van der Waals surface area contributed by atoms with Gasteiger partial charge in [-0.2, -0.15) is 0 Å². The van der Waals surface area contributed by atoms with E-state index in [0.29, 0.717) is 24.3 Å². The van der Waals surface area contributed by atoms with E-state index in [1.54, 1.807) is 0 Å². The van der Waals surface area contributed by atoms with Gasteiger partial charge in [0.05, 0.1) is 24.8 Å². The molecule has 4 atom stereocenters. The second kappa shape index (κ2) is 9.04. The van der Waals surface area contributed by atoms with Crippen LogP contribution in [0.2, 0.25) is 0 Å². The summed E-state index contributed by atoms with van der Waals surface area (Å²) in [6.07, 6.45) is 11.1. The maximum atomic E-state index is 5.97. The first-order valence-corrected chi connectivity index (χ1v) is 10.2. The van der Waals surface area contributed by atoms with Gasteiger partial charge >= 0.3 is 0 Å². The van der Waals surface area contributed by atoms with Gasteiger partial charge in [0.2, 0.25) is 0 Å². The molecule has 0 aromatic rings. The lowest BCUT2D eigenvalue weighted by Crippen LogP contribution is -2.48. The summed E-state index contributed by atoms with van der Waals surface area (Å²) in [5.41, 5.74) is 0. The number of likely N-dealkylation sites (tertiary alicyclic amines) is 1. The first-order chi connectivity index (χ1) is 11.8. The molecule has 3 saturated heterocycles. The van der Waals surface area contributed by atoms with Crippen molar-refractivity contribution in [3.05, 3.63) is 0 Å². The molecule has 3 heterocycles. The Morgan fingerprint density at radius 2 is 2.12 bits per heavy atom. The minimum Gasteiger partial charge on any atom is -0.373 e. The van der Waals surface area contributed by atoms with Crippen LogP contribution < -0.4 is 10.6 Å². The molecule has 3 rings (SSSR count). The van der Waals surface area contributed by atoms with Gasteiger partial charge in [-0.25, -0.2) is 0 Å². The molecule has 24 heavy (non-hydrogen) atoms. The highest BCUT2D eigenvalue weighted by Crippen LogP contribution is 2.34. The zero-order valence-electron chi connectivity index (χ0n) is 15.6. The summed E-state index contributed by atoms with van der Waals surface area (Å²) in [6, 6.07) is 1.07. The lowest BCUT2D eigenvalue weighted by molar-refractivity contribution is 0.0992. The zero-order valence-corrected chi connectivity index (χ0v) is 15.6. The van der Waals surface area contributed by atoms with Crippen LogP contribution in [0.25, 0.3) is 0 Å². The normalized spacial score (nSPS) is 33.8. The van der Waals surface area contributed by atoms with Crippen molar-refractivity contribution in [3.8, 4) is 0 Å². The van der Waals surface area contributed by atoms with Crippen LogP contribution in [-0.4, -0.2) is 61.3 Å². The molecule has 0 aromatic carbocycles. The van der Waals surface area contributed by atoms with Gasteiger partial charge in [-0.3, -0.25) is 9.89 Å². The number of nitrogens with one attached hydrogen (secondary N) is 2. The predicted octanol–water partition coefficient (Wildman–Crippen LogP) is 2.52. The number of hydrogen-bond acceptors (Lipinski definition) is 3. The number of guanidine groups is 1. The van der Waals surface area contributed by atoms with Gasteiger partial charge in [-0.05, 0) is 58.5 Å². The van der Waals surface area contributed by atoms with Crippen LogP contribution in [0.15, 0.2) is 4.99 Å². The van der Waals surface area contributed by atoms with E-state index in [-0.39, 0.29) is 0 Å². The molecule has 3 aliphatic rings. The molecule has 0 saturated carbocycles.